The van der Waals surface area contributed by atoms with Crippen LogP contribution in [0.5, 0.6) is 0 Å². The minimum Gasteiger partial charge on any atom is -0.273 e. The molecule has 0 radical (unpaired) electrons. The SMILES string of the molecule is CCCC[C@H](CC)[C@@H]1[C@@H]2C(=O)N(c3ccc(Br)cc3)C(=O)[C@H]2ON1c1ccccc1. The number of carbonyl (C=O) groups is 2. The number of rotatable bonds is 7. The van der Waals surface area contributed by atoms with Crippen LogP contribution in [0, 0.1) is 11.8 Å². The lowest BCUT2D eigenvalue weighted by Crippen LogP contribution is -2.44. The molecule has 2 saturated heterocycles. The second-order valence-electron chi connectivity index (χ2n) is 8.00. The number of anilines is 2. The third-order valence-electron chi connectivity index (χ3n) is 6.19. The van der Waals surface area contributed by atoms with Gasteiger partial charge < -0.3 is 0 Å². The van der Waals surface area contributed by atoms with E-state index in [-0.39, 0.29) is 23.8 Å². The van der Waals surface area contributed by atoms with E-state index in [2.05, 4.69) is 29.8 Å². The third kappa shape index (κ3) is 3.67. The van der Waals surface area contributed by atoms with Crippen LogP contribution < -0.4 is 9.96 Å². The van der Waals surface area contributed by atoms with E-state index in [1.54, 1.807) is 12.1 Å². The molecular formula is C24H27BrN2O3. The quantitative estimate of drug-likeness (QED) is 0.512. The molecule has 0 spiro atoms. The largest absolute Gasteiger partial charge is 0.273 e. The van der Waals surface area contributed by atoms with Gasteiger partial charge in [0.2, 0.25) is 5.91 Å². The summed E-state index contributed by atoms with van der Waals surface area (Å²) < 4.78 is 0.903. The number of fused-ring (bicyclic) bond motifs is 1. The molecule has 0 saturated carbocycles. The van der Waals surface area contributed by atoms with Crippen molar-refractivity contribution < 1.29 is 14.4 Å². The van der Waals surface area contributed by atoms with Crippen LogP contribution in [0.15, 0.2) is 59.1 Å². The number of nitrogens with zero attached hydrogens (tertiary/aromatic N) is 2. The number of para-hydroxylation sites is 1. The highest BCUT2D eigenvalue weighted by Gasteiger charge is 2.61. The predicted octanol–water partition coefficient (Wildman–Crippen LogP) is 5.34. The highest BCUT2D eigenvalue weighted by Crippen LogP contribution is 2.44. The zero-order chi connectivity index (χ0) is 21.3. The second kappa shape index (κ2) is 8.90. The first-order valence-corrected chi connectivity index (χ1v) is 11.5. The van der Waals surface area contributed by atoms with Crippen molar-refractivity contribution in [2.24, 2.45) is 11.8 Å². The lowest BCUT2D eigenvalue weighted by molar-refractivity contribution is -0.126. The zero-order valence-corrected chi connectivity index (χ0v) is 18.9. The number of hydrogen-bond donors (Lipinski definition) is 0. The van der Waals surface area contributed by atoms with E-state index in [9.17, 15) is 9.59 Å². The molecule has 2 amide bonds. The summed E-state index contributed by atoms with van der Waals surface area (Å²) in [5, 5.41) is 1.84. The molecule has 30 heavy (non-hydrogen) atoms. The first-order chi connectivity index (χ1) is 14.6. The molecule has 2 heterocycles. The Bertz CT molecular complexity index is 902. The van der Waals surface area contributed by atoms with Crippen molar-refractivity contribution in [2.45, 2.75) is 51.7 Å². The number of unbranched alkanes of at least 4 members (excludes halogenated alkanes) is 1. The van der Waals surface area contributed by atoms with Gasteiger partial charge in [-0.05, 0) is 48.7 Å². The monoisotopic (exact) mass is 470 g/mol. The summed E-state index contributed by atoms with van der Waals surface area (Å²) in [4.78, 5) is 34.3. The Morgan fingerprint density at radius 3 is 2.30 bits per heavy atom. The second-order valence-corrected chi connectivity index (χ2v) is 8.92. The smallest absolute Gasteiger partial charge is 0.266 e. The number of imide groups is 1. The van der Waals surface area contributed by atoms with Gasteiger partial charge in [-0.1, -0.05) is 67.2 Å². The lowest BCUT2D eigenvalue weighted by Gasteiger charge is -2.33. The Hall–Kier alpha value is -2.18. The summed E-state index contributed by atoms with van der Waals surface area (Å²) in [5.74, 6) is -0.670. The minimum atomic E-state index is -0.776. The fourth-order valence-corrected chi connectivity index (χ4v) is 4.93. The number of halogens is 1. The molecular weight excluding hydrogens is 444 g/mol. The van der Waals surface area contributed by atoms with Crippen molar-refractivity contribution in [3.05, 3.63) is 59.1 Å². The molecule has 2 aromatic rings. The summed E-state index contributed by atoms with van der Waals surface area (Å²) in [7, 11) is 0. The maximum Gasteiger partial charge on any atom is 0.266 e. The van der Waals surface area contributed by atoms with Crippen LogP contribution >= 0.6 is 15.9 Å². The van der Waals surface area contributed by atoms with Gasteiger partial charge in [0.05, 0.1) is 23.3 Å². The molecule has 2 fully saturated rings. The maximum absolute atomic E-state index is 13.6. The van der Waals surface area contributed by atoms with Crippen LogP contribution in [0.25, 0.3) is 0 Å². The van der Waals surface area contributed by atoms with Crippen LogP contribution in [0.3, 0.4) is 0 Å². The molecule has 0 aliphatic carbocycles. The summed E-state index contributed by atoms with van der Waals surface area (Å²) in [5.41, 5.74) is 1.49. The summed E-state index contributed by atoms with van der Waals surface area (Å²) in [6, 6.07) is 16.9. The van der Waals surface area contributed by atoms with Crippen molar-refractivity contribution in [3.8, 4) is 0 Å². The van der Waals surface area contributed by atoms with E-state index in [1.165, 1.54) is 4.90 Å². The van der Waals surface area contributed by atoms with Gasteiger partial charge in [-0.25, -0.2) is 9.96 Å². The number of carbonyl (C=O) groups excluding carboxylic acids is 2. The van der Waals surface area contributed by atoms with Gasteiger partial charge in [0.1, 0.15) is 0 Å². The van der Waals surface area contributed by atoms with Crippen LogP contribution in [0.2, 0.25) is 0 Å². The average Bonchev–Trinajstić information content (AvgIpc) is 3.27. The van der Waals surface area contributed by atoms with Crippen molar-refractivity contribution >= 4 is 39.1 Å². The van der Waals surface area contributed by atoms with Crippen molar-refractivity contribution in [1.82, 2.24) is 0 Å². The molecule has 0 N–H and O–H groups in total. The minimum absolute atomic E-state index is 0.161. The van der Waals surface area contributed by atoms with E-state index in [0.717, 1.165) is 35.8 Å². The van der Waals surface area contributed by atoms with E-state index in [1.807, 2.05) is 47.5 Å². The first kappa shape index (κ1) is 21.1. The normalized spacial score (nSPS) is 24.4. The fraction of sp³-hybridized carbons (Fsp3) is 0.417. The molecule has 0 bridgehead atoms. The van der Waals surface area contributed by atoms with Crippen molar-refractivity contribution in [1.29, 1.82) is 0 Å². The fourth-order valence-electron chi connectivity index (χ4n) is 4.66. The van der Waals surface area contributed by atoms with E-state index >= 15 is 0 Å². The van der Waals surface area contributed by atoms with Crippen LogP contribution in [-0.2, 0) is 14.4 Å². The summed E-state index contributed by atoms with van der Waals surface area (Å²) in [6.07, 6.45) is 3.35. The number of benzene rings is 2. The standard InChI is InChI=1S/C24H27BrN2O3/c1-3-5-9-16(4-2)21-20-22(30-27(21)19-10-7-6-8-11-19)24(29)26(23(20)28)18-14-12-17(25)13-15-18/h6-8,10-16,20-22H,3-5,9H2,1-2H3/t16-,20-,21+,22-/m0/s1. The lowest BCUT2D eigenvalue weighted by atomic mass is 9.82. The van der Waals surface area contributed by atoms with Crippen molar-refractivity contribution in [3.63, 3.8) is 0 Å². The molecule has 158 valence electrons. The van der Waals surface area contributed by atoms with Gasteiger partial charge in [-0.15, -0.1) is 0 Å². The predicted molar refractivity (Wildman–Crippen MR) is 121 cm³/mol. The topological polar surface area (TPSA) is 49.9 Å². The van der Waals surface area contributed by atoms with Gasteiger partial charge in [0.15, 0.2) is 6.10 Å². The zero-order valence-electron chi connectivity index (χ0n) is 17.3. The Morgan fingerprint density at radius 2 is 1.67 bits per heavy atom. The van der Waals surface area contributed by atoms with Gasteiger partial charge >= 0.3 is 0 Å². The average molecular weight is 471 g/mol. The molecule has 0 aromatic heterocycles. The van der Waals surface area contributed by atoms with Crippen molar-refractivity contribution in [2.75, 3.05) is 9.96 Å². The van der Waals surface area contributed by atoms with E-state index in [0.29, 0.717) is 5.69 Å². The first-order valence-electron chi connectivity index (χ1n) is 10.7. The Labute approximate surface area is 186 Å². The maximum atomic E-state index is 13.6. The summed E-state index contributed by atoms with van der Waals surface area (Å²) in [6.45, 7) is 4.33. The molecule has 2 aliphatic heterocycles. The Kier molecular flexibility index (Phi) is 6.25. The van der Waals surface area contributed by atoms with Gasteiger partial charge in [-0.3, -0.25) is 14.4 Å². The third-order valence-corrected chi connectivity index (χ3v) is 6.72. The number of hydrogen-bond acceptors (Lipinski definition) is 4. The summed E-state index contributed by atoms with van der Waals surface area (Å²) >= 11 is 3.41. The molecule has 6 heteroatoms. The van der Waals surface area contributed by atoms with Crippen LogP contribution in [0.4, 0.5) is 11.4 Å². The van der Waals surface area contributed by atoms with Gasteiger partial charge in [0, 0.05) is 4.47 Å². The van der Waals surface area contributed by atoms with Crippen LogP contribution in [-0.4, -0.2) is 24.0 Å². The van der Waals surface area contributed by atoms with Gasteiger partial charge in [0.25, 0.3) is 5.91 Å². The molecule has 2 aromatic carbocycles. The highest BCUT2D eigenvalue weighted by atomic mass is 79.9. The number of amides is 2. The molecule has 4 atom stereocenters. The molecule has 0 unspecified atom stereocenters. The van der Waals surface area contributed by atoms with E-state index in [4.69, 9.17) is 4.84 Å². The molecule has 5 nitrogen and oxygen atoms in total. The molecule has 4 rings (SSSR count). The van der Waals surface area contributed by atoms with Gasteiger partial charge in [-0.2, -0.15) is 0 Å². The highest BCUT2D eigenvalue weighted by molar-refractivity contribution is 9.10. The number of hydroxylamine groups is 1. The van der Waals surface area contributed by atoms with Crippen LogP contribution in [0.1, 0.15) is 39.5 Å². The Balaban J connectivity index is 1.71. The van der Waals surface area contributed by atoms with E-state index < -0.39 is 12.0 Å². The molecule has 2 aliphatic rings. The Morgan fingerprint density at radius 1 is 0.967 bits per heavy atom.